The third-order valence-electron chi connectivity index (χ3n) is 3.07. The average Bonchev–Trinajstić information content (AvgIpc) is 2.40. The van der Waals surface area contributed by atoms with Gasteiger partial charge in [-0.3, -0.25) is 5.41 Å². The maximum absolute atomic E-state index is 14.1. The third kappa shape index (κ3) is 3.31. The van der Waals surface area contributed by atoms with Gasteiger partial charge in [0.25, 0.3) is 0 Å². The van der Waals surface area contributed by atoms with Crippen molar-refractivity contribution in [3.63, 3.8) is 0 Å². The zero-order chi connectivity index (χ0) is 15.6. The lowest BCUT2D eigenvalue weighted by Crippen LogP contribution is -2.21. The molecule has 3 nitrogen and oxygen atoms in total. The molecule has 0 saturated carbocycles. The molecule has 0 aromatic heterocycles. The van der Waals surface area contributed by atoms with Crippen LogP contribution in [-0.2, 0) is 6.54 Å². The Bertz CT molecular complexity index is 665. The summed E-state index contributed by atoms with van der Waals surface area (Å²) >= 11 is 6.04. The quantitative estimate of drug-likeness (QED) is 0.670. The molecule has 0 unspecified atom stereocenters. The average molecular weight is 310 g/mol. The molecule has 0 bridgehead atoms. The van der Waals surface area contributed by atoms with Crippen LogP contribution in [0.2, 0.25) is 5.02 Å². The van der Waals surface area contributed by atoms with Crippen LogP contribution >= 0.6 is 11.6 Å². The Morgan fingerprint density at radius 3 is 2.33 bits per heavy atom. The van der Waals surface area contributed by atoms with Gasteiger partial charge >= 0.3 is 0 Å². The zero-order valence-electron chi connectivity index (χ0n) is 11.3. The second-order valence-corrected chi connectivity index (χ2v) is 5.06. The first kappa shape index (κ1) is 15.3. The van der Waals surface area contributed by atoms with Gasteiger partial charge in [0.1, 0.15) is 23.2 Å². The van der Waals surface area contributed by atoms with E-state index >= 15 is 0 Å². The molecule has 2 aromatic carbocycles. The van der Waals surface area contributed by atoms with Gasteiger partial charge in [-0.2, -0.15) is 0 Å². The number of rotatable bonds is 4. The summed E-state index contributed by atoms with van der Waals surface area (Å²) in [6.45, 7) is 0.257. The van der Waals surface area contributed by atoms with E-state index in [9.17, 15) is 8.78 Å². The summed E-state index contributed by atoms with van der Waals surface area (Å²) in [5.74, 6) is -1.92. The molecule has 0 aliphatic rings. The van der Waals surface area contributed by atoms with Crippen LogP contribution in [0.1, 0.15) is 11.1 Å². The van der Waals surface area contributed by atoms with E-state index in [2.05, 4.69) is 0 Å². The first-order valence-electron chi connectivity index (χ1n) is 6.18. The van der Waals surface area contributed by atoms with Crippen LogP contribution in [0.3, 0.4) is 0 Å². The van der Waals surface area contributed by atoms with Gasteiger partial charge in [-0.05, 0) is 23.8 Å². The lowest BCUT2D eigenvalue weighted by atomic mass is 10.1. The number of nitrogens with zero attached hydrogens (tertiary/aromatic N) is 1. The molecule has 0 spiro atoms. The van der Waals surface area contributed by atoms with Crippen LogP contribution in [0.25, 0.3) is 0 Å². The predicted molar refractivity (Wildman–Crippen MR) is 80.9 cm³/mol. The van der Waals surface area contributed by atoms with Crippen LogP contribution in [0.4, 0.5) is 14.5 Å². The van der Waals surface area contributed by atoms with Crippen molar-refractivity contribution in [2.45, 2.75) is 6.54 Å². The van der Waals surface area contributed by atoms with Crippen molar-refractivity contribution in [2.75, 3.05) is 11.9 Å². The summed E-state index contributed by atoms with van der Waals surface area (Å²) in [5.41, 5.74) is 5.83. The Labute approximate surface area is 126 Å². The number of hydrogen-bond acceptors (Lipinski definition) is 2. The Balaban J connectivity index is 2.34. The van der Waals surface area contributed by atoms with E-state index in [1.807, 2.05) is 0 Å². The van der Waals surface area contributed by atoms with Crippen molar-refractivity contribution < 1.29 is 8.78 Å². The number of halogens is 3. The molecule has 0 amide bonds. The Morgan fingerprint density at radius 2 is 1.81 bits per heavy atom. The molecule has 6 heteroatoms. The molecule has 0 atom stereocenters. The SMILES string of the molecule is CN(Cc1ccccc1Cl)c1c(F)cc(C(=N)N)cc1F. The molecule has 2 rings (SSSR count). The molecule has 0 fully saturated rings. The highest BCUT2D eigenvalue weighted by Crippen LogP contribution is 2.26. The molecule has 21 heavy (non-hydrogen) atoms. The van der Waals surface area contributed by atoms with Crippen molar-refractivity contribution in [2.24, 2.45) is 5.73 Å². The molecular formula is C15H14ClF2N3. The number of nitrogen functional groups attached to an aromatic ring is 1. The highest BCUT2D eigenvalue weighted by molar-refractivity contribution is 6.31. The fourth-order valence-corrected chi connectivity index (χ4v) is 2.24. The van der Waals surface area contributed by atoms with Gasteiger partial charge in [0.2, 0.25) is 0 Å². The zero-order valence-corrected chi connectivity index (χ0v) is 12.1. The maximum atomic E-state index is 14.1. The molecule has 0 saturated heterocycles. The van der Waals surface area contributed by atoms with E-state index in [-0.39, 0.29) is 23.6 Å². The standard InChI is InChI=1S/C15H14ClF2N3/c1-21(8-9-4-2-3-5-11(9)16)14-12(17)6-10(15(19)20)7-13(14)18/h2-7H,8H2,1H3,(H3,19,20). The second-order valence-electron chi connectivity index (χ2n) is 4.65. The second kappa shape index (κ2) is 6.10. The van der Waals surface area contributed by atoms with Crippen molar-refractivity contribution >= 4 is 23.1 Å². The van der Waals surface area contributed by atoms with Crippen molar-refractivity contribution in [3.8, 4) is 0 Å². The lowest BCUT2D eigenvalue weighted by Gasteiger charge is -2.21. The monoisotopic (exact) mass is 309 g/mol. The lowest BCUT2D eigenvalue weighted by molar-refractivity contribution is 0.576. The Hall–Kier alpha value is -2.14. The number of nitrogens with two attached hydrogens (primary N) is 1. The highest BCUT2D eigenvalue weighted by Gasteiger charge is 2.17. The Kier molecular flexibility index (Phi) is 4.43. The van der Waals surface area contributed by atoms with Gasteiger partial charge in [0.05, 0.1) is 0 Å². The molecular weight excluding hydrogens is 296 g/mol. The first-order chi connectivity index (χ1) is 9.90. The molecule has 0 radical (unpaired) electrons. The van der Waals surface area contributed by atoms with Gasteiger partial charge in [0.15, 0.2) is 0 Å². The highest BCUT2D eigenvalue weighted by atomic mass is 35.5. The summed E-state index contributed by atoms with van der Waals surface area (Å²) in [4.78, 5) is 1.43. The Morgan fingerprint density at radius 1 is 1.24 bits per heavy atom. The number of amidine groups is 1. The van der Waals surface area contributed by atoms with Gasteiger partial charge in [-0.1, -0.05) is 29.8 Å². The van der Waals surface area contributed by atoms with E-state index in [4.69, 9.17) is 22.7 Å². The van der Waals surface area contributed by atoms with Crippen molar-refractivity contribution in [3.05, 3.63) is 64.2 Å². The molecule has 110 valence electrons. The van der Waals surface area contributed by atoms with Gasteiger partial charge in [-0.15, -0.1) is 0 Å². The summed E-state index contributed by atoms with van der Waals surface area (Å²) in [5, 5.41) is 7.76. The summed E-state index contributed by atoms with van der Waals surface area (Å²) < 4.78 is 28.1. The summed E-state index contributed by atoms with van der Waals surface area (Å²) in [6, 6.07) is 9.19. The van der Waals surface area contributed by atoms with Crippen LogP contribution in [0.5, 0.6) is 0 Å². The maximum Gasteiger partial charge on any atom is 0.150 e. The molecule has 0 aliphatic heterocycles. The van der Waals surface area contributed by atoms with E-state index in [0.29, 0.717) is 5.02 Å². The first-order valence-corrected chi connectivity index (χ1v) is 6.56. The largest absolute Gasteiger partial charge is 0.384 e. The van der Waals surface area contributed by atoms with Crippen LogP contribution < -0.4 is 10.6 Å². The van der Waals surface area contributed by atoms with E-state index in [1.54, 1.807) is 31.3 Å². The number of hydrogen-bond donors (Lipinski definition) is 2. The van der Waals surface area contributed by atoms with E-state index < -0.39 is 11.6 Å². The van der Waals surface area contributed by atoms with Gasteiger partial charge in [-0.25, -0.2) is 8.78 Å². The molecule has 3 N–H and O–H groups in total. The minimum atomic E-state index is -0.769. The number of nitrogens with one attached hydrogen (secondary N) is 1. The minimum Gasteiger partial charge on any atom is -0.384 e. The normalized spacial score (nSPS) is 10.5. The summed E-state index contributed by atoms with van der Waals surface area (Å²) in [6.07, 6.45) is 0. The molecule has 2 aromatic rings. The van der Waals surface area contributed by atoms with Crippen molar-refractivity contribution in [1.29, 1.82) is 5.41 Å². The summed E-state index contributed by atoms with van der Waals surface area (Å²) in [7, 11) is 1.57. The van der Waals surface area contributed by atoms with E-state index in [0.717, 1.165) is 17.7 Å². The van der Waals surface area contributed by atoms with Crippen LogP contribution in [0.15, 0.2) is 36.4 Å². The number of anilines is 1. The fraction of sp³-hybridized carbons (Fsp3) is 0.133. The topological polar surface area (TPSA) is 53.1 Å². The van der Waals surface area contributed by atoms with Gasteiger partial charge < -0.3 is 10.6 Å². The molecule has 0 aliphatic carbocycles. The van der Waals surface area contributed by atoms with Crippen molar-refractivity contribution in [1.82, 2.24) is 0 Å². The molecule has 0 heterocycles. The van der Waals surface area contributed by atoms with Crippen LogP contribution in [0, 0.1) is 17.0 Å². The smallest absolute Gasteiger partial charge is 0.150 e. The minimum absolute atomic E-state index is 0.0138. The third-order valence-corrected chi connectivity index (χ3v) is 3.44. The fourth-order valence-electron chi connectivity index (χ4n) is 2.05. The predicted octanol–water partition coefficient (Wildman–Crippen LogP) is 3.54. The number of benzene rings is 2. The van der Waals surface area contributed by atoms with E-state index in [1.165, 1.54) is 4.90 Å². The van der Waals surface area contributed by atoms with Crippen LogP contribution in [-0.4, -0.2) is 12.9 Å². The van der Waals surface area contributed by atoms with Gasteiger partial charge in [0, 0.05) is 24.2 Å².